The van der Waals surface area contributed by atoms with E-state index in [0.717, 1.165) is 4.90 Å². The minimum atomic E-state index is -1.12. The lowest BCUT2D eigenvalue weighted by Gasteiger charge is -2.18. The second-order valence-corrected chi connectivity index (χ2v) is 3.50. The van der Waals surface area contributed by atoms with Crippen LogP contribution in [0.25, 0.3) is 0 Å². The van der Waals surface area contributed by atoms with Crippen LogP contribution in [0.2, 0.25) is 0 Å². The Hall–Kier alpha value is -2.39. The summed E-state index contributed by atoms with van der Waals surface area (Å²) in [4.78, 5) is 27.7. The summed E-state index contributed by atoms with van der Waals surface area (Å²) in [6.45, 7) is -0.302. The first-order chi connectivity index (χ1) is 8.58. The summed E-state index contributed by atoms with van der Waals surface area (Å²) in [7, 11) is 0. The highest BCUT2D eigenvalue weighted by Gasteiger charge is 2.17. The van der Waals surface area contributed by atoms with Gasteiger partial charge in [0, 0.05) is 18.3 Å². The van der Waals surface area contributed by atoms with Gasteiger partial charge in [-0.1, -0.05) is 5.92 Å². The van der Waals surface area contributed by atoms with Crippen LogP contribution in [0, 0.1) is 12.3 Å². The highest BCUT2D eigenvalue weighted by molar-refractivity contribution is 5.96. The van der Waals surface area contributed by atoms with Crippen LogP contribution in [0.4, 0.5) is 0 Å². The van der Waals surface area contributed by atoms with Gasteiger partial charge < -0.3 is 15.7 Å². The van der Waals surface area contributed by atoms with E-state index in [2.05, 4.69) is 10.9 Å². The van der Waals surface area contributed by atoms with Gasteiger partial charge in [0.25, 0.3) is 5.91 Å². The Balaban J connectivity index is 2.94. The predicted molar refractivity (Wildman–Crippen MR) is 64.5 cm³/mol. The monoisotopic (exact) mass is 247 g/mol. The Morgan fingerprint density at radius 1 is 1.56 bits per heavy atom. The van der Waals surface area contributed by atoms with Crippen molar-refractivity contribution in [2.45, 2.75) is 6.54 Å². The molecule has 6 heteroatoms. The van der Waals surface area contributed by atoms with Gasteiger partial charge in [0.2, 0.25) is 0 Å². The van der Waals surface area contributed by atoms with Gasteiger partial charge in [-0.15, -0.1) is 6.42 Å². The van der Waals surface area contributed by atoms with Crippen LogP contribution in [0.5, 0.6) is 0 Å². The van der Waals surface area contributed by atoms with Gasteiger partial charge in [-0.05, 0) is 12.1 Å². The molecule has 0 unspecified atom stereocenters. The second kappa shape index (κ2) is 6.37. The Labute approximate surface area is 104 Å². The van der Waals surface area contributed by atoms with E-state index in [-0.39, 0.29) is 13.1 Å². The average molecular weight is 247 g/mol. The Morgan fingerprint density at radius 3 is 2.83 bits per heavy atom. The zero-order valence-electron chi connectivity index (χ0n) is 9.67. The molecule has 0 atom stereocenters. The fourth-order valence-electron chi connectivity index (χ4n) is 1.38. The van der Waals surface area contributed by atoms with Crippen molar-refractivity contribution in [1.29, 1.82) is 0 Å². The number of carbonyl (C=O) groups excluding carboxylic acids is 1. The molecule has 0 saturated heterocycles. The number of aliphatic carboxylic acids is 1. The van der Waals surface area contributed by atoms with Crippen LogP contribution in [0.1, 0.15) is 16.1 Å². The van der Waals surface area contributed by atoms with Gasteiger partial charge in [-0.2, -0.15) is 0 Å². The van der Waals surface area contributed by atoms with Gasteiger partial charge in [-0.25, -0.2) is 0 Å². The molecule has 0 radical (unpaired) electrons. The van der Waals surface area contributed by atoms with Crippen molar-refractivity contribution < 1.29 is 14.7 Å². The second-order valence-electron chi connectivity index (χ2n) is 3.50. The number of terminal acetylenes is 1. The number of carbonyl (C=O) groups is 2. The molecule has 0 saturated carbocycles. The van der Waals surface area contributed by atoms with E-state index >= 15 is 0 Å². The summed E-state index contributed by atoms with van der Waals surface area (Å²) in [6, 6.07) is 3.01. The highest BCUT2D eigenvalue weighted by Crippen LogP contribution is 2.06. The van der Waals surface area contributed by atoms with Gasteiger partial charge in [0.1, 0.15) is 6.54 Å². The molecular formula is C12H13N3O3. The Kier molecular flexibility index (Phi) is 4.84. The summed E-state index contributed by atoms with van der Waals surface area (Å²) >= 11 is 0. The van der Waals surface area contributed by atoms with Crippen LogP contribution in [0.15, 0.2) is 18.3 Å². The minimum Gasteiger partial charge on any atom is -0.480 e. The molecule has 0 spiro atoms. The summed E-state index contributed by atoms with van der Waals surface area (Å²) in [6.07, 6.45) is 6.56. The number of amides is 1. The topological polar surface area (TPSA) is 96.5 Å². The van der Waals surface area contributed by atoms with E-state index in [1.165, 1.54) is 18.3 Å². The summed E-state index contributed by atoms with van der Waals surface area (Å²) in [5, 5.41) is 8.71. The normalized spacial score (nSPS) is 9.56. The van der Waals surface area contributed by atoms with Crippen molar-refractivity contribution in [2.75, 3.05) is 13.1 Å². The molecule has 0 aliphatic heterocycles. The summed E-state index contributed by atoms with van der Waals surface area (Å²) in [5.74, 6) is 0.684. The fraction of sp³-hybridized carbons (Fsp3) is 0.250. The third-order valence-electron chi connectivity index (χ3n) is 2.17. The number of carboxylic acid groups (broad SMARTS) is 1. The van der Waals surface area contributed by atoms with Gasteiger partial charge in [-0.3, -0.25) is 14.6 Å². The number of rotatable bonds is 5. The van der Waals surface area contributed by atoms with E-state index in [1.807, 2.05) is 0 Å². The molecular weight excluding hydrogens is 234 g/mol. The first-order valence-electron chi connectivity index (χ1n) is 5.18. The quantitative estimate of drug-likeness (QED) is 0.696. The maximum atomic E-state index is 12.0. The summed E-state index contributed by atoms with van der Waals surface area (Å²) < 4.78 is 0. The summed E-state index contributed by atoms with van der Waals surface area (Å²) in [5.41, 5.74) is 6.29. The number of hydrogen-bond donors (Lipinski definition) is 2. The Morgan fingerprint density at radius 2 is 2.28 bits per heavy atom. The van der Waals surface area contributed by atoms with Crippen LogP contribution >= 0.6 is 0 Å². The number of carboxylic acids is 1. The van der Waals surface area contributed by atoms with Crippen molar-refractivity contribution in [3.8, 4) is 12.3 Å². The van der Waals surface area contributed by atoms with Crippen molar-refractivity contribution in [1.82, 2.24) is 9.88 Å². The lowest BCUT2D eigenvalue weighted by molar-refractivity contribution is -0.137. The van der Waals surface area contributed by atoms with Crippen LogP contribution in [0.3, 0.4) is 0 Å². The number of hydrogen-bond acceptors (Lipinski definition) is 4. The minimum absolute atomic E-state index is 0.0641. The lowest BCUT2D eigenvalue weighted by atomic mass is 10.2. The number of nitrogens with zero attached hydrogens (tertiary/aromatic N) is 2. The number of nitrogens with two attached hydrogens (primary N) is 1. The molecule has 0 aliphatic rings. The first kappa shape index (κ1) is 13.7. The maximum absolute atomic E-state index is 12.0. The van der Waals surface area contributed by atoms with E-state index < -0.39 is 18.4 Å². The SMILES string of the molecule is C#CCN(CC(=O)O)C(=O)c1ccnc(CN)c1. The molecule has 1 rings (SSSR count). The molecule has 1 amide bonds. The third kappa shape index (κ3) is 3.57. The smallest absolute Gasteiger partial charge is 0.323 e. The third-order valence-corrected chi connectivity index (χ3v) is 2.17. The van der Waals surface area contributed by atoms with Crippen molar-refractivity contribution in [2.24, 2.45) is 5.73 Å². The van der Waals surface area contributed by atoms with Gasteiger partial charge >= 0.3 is 5.97 Å². The molecule has 6 nitrogen and oxygen atoms in total. The van der Waals surface area contributed by atoms with Crippen LogP contribution in [-0.4, -0.2) is 40.0 Å². The molecule has 0 fully saturated rings. The van der Waals surface area contributed by atoms with Crippen LogP contribution < -0.4 is 5.73 Å². The predicted octanol–water partition coefficient (Wildman–Crippen LogP) is -0.300. The molecule has 18 heavy (non-hydrogen) atoms. The zero-order valence-corrected chi connectivity index (χ0v) is 9.67. The van der Waals surface area contributed by atoms with Crippen LogP contribution in [-0.2, 0) is 11.3 Å². The Bertz CT molecular complexity index is 494. The molecule has 0 bridgehead atoms. The molecule has 1 aromatic rings. The molecule has 94 valence electrons. The highest BCUT2D eigenvalue weighted by atomic mass is 16.4. The van der Waals surface area contributed by atoms with Gasteiger partial charge in [0.05, 0.1) is 12.2 Å². The molecule has 3 N–H and O–H groups in total. The van der Waals surface area contributed by atoms with Crippen molar-refractivity contribution >= 4 is 11.9 Å². The molecule has 1 aromatic heterocycles. The van der Waals surface area contributed by atoms with E-state index in [4.69, 9.17) is 17.3 Å². The fourth-order valence-corrected chi connectivity index (χ4v) is 1.38. The number of pyridine rings is 1. The largest absolute Gasteiger partial charge is 0.480 e. The molecule has 0 aliphatic carbocycles. The number of aromatic nitrogens is 1. The van der Waals surface area contributed by atoms with E-state index in [0.29, 0.717) is 11.3 Å². The lowest BCUT2D eigenvalue weighted by Crippen LogP contribution is -2.36. The van der Waals surface area contributed by atoms with Crippen molar-refractivity contribution in [3.05, 3.63) is 29.6 Å². The average Bonchev–Trinajstić information content (AvgIpc) is 2.37. The van der Waals surface area contributed by atoms with E-state index in [9.17, 15) is 9.59 Å². The first-order valence-corrected chi connectivity index (χ1v) is 5.18. The molecule has 0 aromatic carbocycles. The molecule has 1 heterocycles. The maximum Gasteiger partial charge on any atom is 0.323 e. The van der Waals surface area contributed by atoms with E-state index in [1.54, 1.807) is 0 Å². The van der Waals surface area contributed by atoms with Gasteiger partial charge in [0.15, 0.2) is 0 Å². The zero-order chi connectivity index (χ0) is 13.5. The standard InChI is InChI=1S/C12H13N3O3/c1-2-5-15(8-11(16)17)12(18)9-3-4-14-10(6-9)7-13/h1,3-4,6H,5,7-8,13H2,(H,16,17). The van der Waals surface area contributed by atoms with Crippen molar-refractivity contribution in [3.63, 3.8) is 0 Å².